The maximum Gasteiger partial charge on any atom is 0.255 e. The van der Waals surface area contributed by atoms with Crippen molar-refractivity contribution in [1.29, 1.82) is 0 Å². The highest BCUT2D eigenvalue weighted by molar-refractivity contribution is 6.05. The van der Waals surface area contributed by atoms with Gasteiger partial charge in [0.15, 0.2) is 11.5 Å². The highest BCUT2D eigenvalue weighted by Gasteiger charge is 2.22. The summed E-state index contributed by atoms with van der Waals surface area (Å²) < 4.78 is 10.6. The van der Waals surface area contributed by atoms with Crippen LogP contribution in [0.2, 0.25) is 0 Å². The second-order valence-electron chi connectivity index (χ2n) is 5.72. The molecular weight excluding hydrogens is 308 g/mol. The van der Waals surface area contributed by atoms with Crippen molar-refractivity contribution in [1.82, 2.24) is 0 Å². The minimum absolute atomic E-state index is 0.100. The van der Waals surface area contributed by atoms with Crippen molar-refractivity contribution >= 4 is 23.2 Å². The van der Waals surface area contributed by atoms with Gasteiger partial charge in [0.2, 0.25) is 12.7 Å². The fourth-order valence-electron chi connectivity index (χ4n) is 2.91. The molecule has 4 rings (SSSR count). The molecule has 2 amide bonds. The molecule has 2 aromatic carbocycles. The first-order chi connectivity index (χ1) is 11.7. The van der Waals surface area contributed by atoms with Gasteiger partial charge in [0.25, 0.3) is 5.91 Å². The lowest BCUT2D eigenvalue weighted by atomic mass is 10.1. The standard InChI is InChI=1S/C18H16N2O4/c21-17-5-2-8-20(17)14-4-1-3-12(9-14)18(22)19-13-6-7-15-16(10-13)24-11-23-15/h1,3-4,6-7,9-10H,2,5,8,11H2,(H,19,22). The summed E-state index contributed by atoms with van der Waals surface area (Å²) in [4.78, 5) is 26.1. The van der Waals surface area contributed by atoms with Gasteiger partial charge in [-0.15, -0.1) is 0 Å². The molecule has 2 aromatic rings. The molecule has 24 heavy (non-hydrogen) atoms. The van der Waals surface area contributed by atoms with Crippen molar-refractivity contribution in [2.45, 2.75) is 12.8 Å². The van der Waals surface area contributed by atoms with Crippen LogP contribution in [0.3, 0.4) is 0 Å². The number of carbonyl (C=O) groups is 2. The number of ether oxygens (including phenoxy) is 2. The Bertz CT molecular complexity index is 818. The average molecular weight is 324 g/mol. The third-order valence-electron chi connectivity index (χ3n) is 4.12. The van der Waals surface area contributed by atoms with Gasteiger partial charge in [-0.2, -0.15) is 0 Å². The minimum Gasteiger partial charge on any atom is -0.454 e. The fourth-order valence-corrected chi connectivity index (χ4v) is 2.91. The Balaban J connectivity index is 1.53. The van der Waals surface area contributed by atoms with Crippen LogP contribution < -0.4 is 19.7 Å². The summed E-state index contributed by atoms with van der Waals surface area (Å²) in [5.74, 6) is 1.15. The first-order valence-corrected chi connectivity index (χ1v) is 7.82. The van der Waals surface area contributed by atoms with Crippen LogP contribution in [0.25, 0.3) is 0 Å². The zero-order valence-electron chi connectivity index (χ0n) is 13.0. The van der Waals surface area contributed by atoms with Crippen molar-refractivity contribution < 1.29 is 19.1 Å². The molecular formula is C18H16N2O4. The van der Waals surface area contributed by atoms with E-state index in [0.717, 1.165) is 12.1 Å². The van der Waals surface area contributed by atoms with Crippen LogP contribution in [-0.2, 0) is 4.79 Å². The summed E-state index contributed by atoms with van der Waals surface area (Å²) in [6.45, 7) is 0.894. The van der Waals surface area contributed by atoms with Crippen LogP contribution in [-0.4, -0.2) is 25.2 Å². The Morgan fingerprint density at radius 1 is 1.08 bits per heavy atom. The first-order valence-electron chi connectivity index (χ1n) is 7.82. The maximum atomic E-state index is 12.5. The van der Waals surface area contributed by atoms with Crippen molar-refractivity contribution in [3.05, 3.63) is 48.0 Å². The number of benzene rings is 2. The molecule has 0 spiro atoms. The van der Waals surface area contributed by atoms with Crippen LogP contribution in [0.5, 0.6) is 11.5 Å². The van der Waals surface area contributed by atoms with E-state index in [4.69, 9.17) is 9.47 Å². The van der Waals surface area contributed by atoms with E-state index < -0.39 is 0 Å². The molecule has 6 heteroatoms. The van der Waals surface area contributed by atoms with E-state index in [0.29, 0.717) is 35.7 Å². The molecule has 0 unspecified atom stereocenters. The summed E-state index contributed by atoms with van der Waals surface area (Å²) >= 11 is 0. The smallest absolute Gasteiger partial charge is 0.255 e. The molecule has 0 radical (unpaired) electrons. The van der Waals surface area contributed by atoms with Crippen LogP contribution in [0.15, 0.2) is 42.5 Å². The highest BCUT2D eigenvalue weighted by Crippen LogP contribution is 2.34. The van der Waals surface area contributed by atoms with Gasteiger partial charge in [0.1, 0.15) is 0 Å². The summed E-state index contributed by atoms with van der Waals surface area (Å²) in [6, 6.07) is 12.4. The number of nitrogens with zero attached hydrogens (tertiary/aromatic N) is 1. The first kappa shape index (κ1) is 14.6. The molecule has 1 fully saturated rings. The average Bonchev–Trinajstić information content (AvgIpc) is 3.23. The number of hydrogen-bond acceptors (Lipinski definition) is 4. The molecule has 2 aliphatic rings. The lowest BCUT2D eigenvalue weighted by Crippen LogP contribution is -2.24. The van der Waals surface area contributed by atoms with E-state index in [1.54, 1.807) is 41.3 Å². The molecule has 0 saturated carbocycles. The quantitative estimate of drug-likeness (QED) is 0.943. The van der Waals surface area contributed by atoms with Gasteiger partial charge in [0.05, 0.1) is 0 Å². The third kappa shape index (κ3) is 2.67. The van der Waals surface area contributed by atoms with E-state index in [-0.39, 0.29) is 18.6 Å². The number of hydrogen-bond donors (Lipinski definition) is 1. The van der Waals surface area contributed by atoms with Gasteiger partial charge in [-0.3, -0.25) is 9.59 Å². The van der Waals surface area contributed by atoms with Gasteiger partial charge < -0.3 is 19.7 Å². The molecule has 2 heterocycles. The fraction of sp³-hybridized carbons (Fsp3) is 0.222. The lowest BCUT2D eigenvalue weighted by Gasteiger charge is -2.16. The molecule has 0 bridgehead atoms. The van der Waals surface area contributed by atoms with Crippen molar-refractivity contribution in [3.8, 4) is 11.5 Å². The van der Waals surface area contributed by atoms with Crippen LogP contribution in [0, 0.1) is 0 Å². The molecule has 1 N–H and O–H groups in total. The monoisotopic (exact) mass is 324 g/mol. The number of rotatable bonds is 3. The van der Waals surface area contributed by atoms with Gasteiger partial charge in [-0.25, -0.2) is 0 Å². The normalized spacial score (nSPS) is 15.7. The summed E-state index contributed by atoms with van der Waals surface area (Å²) in [5, 5.41) is 2.84. The predicted octanol–water partition coefficient (Wildman–Crippen LogP) is 2.79. The Labute approximate surface area is 139 Å². The molecule has 6 nitrogen and oxygen atoms in total. The Morgan fingerprint density at radius 2 is 1.96 bits per heavy atom. The molecule has 2 aliphatic heterocycles. The van der Waals surface area contributed by atoms with E-state index in [2.05, 4.69) is 5.32 Å². The Kier molecular flexibility index (Phi) is 3.57. The molecule has 0 atom stereocenters. The highest BCUT2D eigenvalue weighted by atomic mass is 16.7. The van der Waals surface area contributed by atoms with E-state index in [1.165, 1.54) is 0 Å². The maximum absolute atomic E-state index is 12.5. The zero-order chi connectivity index (χ0) is 16.5. The van der Waals surface area contributed by atoms with Gasteiger partial charge >= 0.3 is 0 Å². The van der Waals surface area contributed by atoms with Crippen LogP contribution in [0.4, 0.5) is 11.4 Å². The second-order valence-corrected chi connectivity index (χ2v) is 5.72. The molecule has 1 saturated heterocycles. The topological polar surface area (TPSA) is 67.9 Å². The van der Waals surface area contributed by atoms with Crippen molar-refractivity contribution in [2.24, 2.45) is 0 Å². The minimum atomic E-state index is -0.234. The van der Waals surface area contributed by atoms with E-state index in [9.17, 15) is 9.59 Å². The molecule has 122 valence electrons. The van der Waals surface area contributed by atoms with E-state index >= 15 is 0 Å². The zero-order valence-corrected chi connectivity index (χ0v) is 13.0. The van der Waals surface area contributed by atoms with Crippen LogP contribution >= 0.6 is 0 Å². The predicted molar refractivity (Wildman–Crippen MR) is 88.5 cm³/mol. The van der Waals surface area contributed by atoms with Crippen molar-refractivity contribution in [2.75, 3.05) is 23.6 Å². The largest absolute Gasteiger partial charge is 0.454 e. The van der Waals surface area contributed by atoms with E-state index in [1.807, 2.05) is 6.07 Å². The molecule has 0 aromatic heterocycles. The lowest BCUT2D eigenvalue weighted by molar-refractivity contribution is -0.117. The number of nitrogens with one attached hydrogen (secondary N) is 1. The second kappa shape index (κ2) is 5.88. The van der Waals surface area contributed by atoms with Gasteiger partial charge in [-0.05, 0) is 36.8 Å². The summed E-state index contributed by atoms with van der Waals surface area (Å²) in [7, 11) is 0. The van der Waals surface area contributed by atoms with Gasteiger partial charge in [0, 0.05) is 36.0 Å². The number of carbonyl (C=O) groups excluding carboxylic acids is 2. The summed E-state index contributed by atoms with van der Waals surface area (Å²) in [6.07, 6.45) is 1.42. The molecule has 0 aliphatic carbocycles. The Hall–Kier alpha value is -3.02. The third-order valence-corrected chi connectivity index (χ3v) is 4.12. The SMILES string of the molecule is O=C(Nc1ccc2c(c1)OCO2)c1cccc(N2CCCC2=O)c1. The number of fused-ring (bicyclic) bond motifs is 1. The van der Waals surface area contributed by atoms with Gasteiger partial charge in [-0.1, -0.05) is 6.07 Å². The Morgan fingerprint density at radius 3 is 2.79 bits per heavy atom. The number of amides is 2. The number of anilines is 2. The van der Waals surface area contributed by atoms with Crippen molar-refractivity contribution in [3.63, 3.8) is 0 Å². The van der Waals surface area contributed by atoms with Crippen LogP contribution in [0.1, 0.15) is 23.2 Å². The summed E-state index contributed by atoms with van der Waals surface area (Å²) in [5.41, 5.74) is 1.90.